The van der Waals surface area contributed by atoms with Crippen molar-refractivity contribution < 1.29 is 9.53 Å². The Labute approximate surface area is 137 Å². The Morgan fingerprint density at radius 1 is 1.36 bits per heavy atom. The molecule has 0 aromatic heterocycles. The van der Waals surface area contributed by atoms with E-state index >= 15 is 0 Å². The summed E-state index contributed by atoms with van der Waals surface area (Å²) in [6.07, 6.45) is 2.51. The van der Waals surface area contributed by atoms with E-state index < -0.39 is 0 Å². The van der Waals surface area contributed by atoms with Crippen LogP contribution in [-0.2, 0) is 9.53 Å². The van der Waals surface area contributed by atoms with Gasteiger partial charge in [0.05, 0.1) is 0 Å². The molecular weight excluding hydrogens is 298 g/mol. The molecule has 2 N–H and O–H groups in total. The first kappa shape index (κ1) is 16.7. The number of thiocarbonyl (C=S) groups is 1. The Morgan fingerprint density at radius 3 is 2.77 bits per heavy atom. The Morgan fingerprint density at radius 2 is 2.14 bits per heavy atom. The Kier molecular flexibility index (Phi) is 6.61. The van der Waals surface area contributed by atoms with Crippen molar-refractivity contribution in [3.05, 3.63) is 24.3 Å². The van der Waals surface area contributed by atoms with Gasteiger partial charge in [0.15, 0.2) is 5.11 Å². The highest BCUT2D eigenvalue weighted by Gasteiger charge is 2.21. The SMILES string of the molecule is CCOCCCNC(=S)Nc1ccc(N2CCCC2=O)cc1. The number of hydrogen-bond acceptors (Lipinski definition) is 3. The highest BCUT2D eigenvalue weighted by molar-refractivity contribution is 7.80. The molecule has 1 aromatic rings. The second-order valence-electron chi connectivity index (χ2n) is 5.13. The van der Waals surface area contributed by atoms with Gasteiger partial charge >= 0.3 is 0 Å². The first-order chi connectivity index (χ1) is 10.7. The molecule has 1 fully saturated rings. The largest absolute Gasteiger partial charge is 0.382 e. The van der Waals surface area contributed by atoms with E-state index in [1.54, 1.807) is 0 Å². The summed E-state index contributed by atoms with van der Waals surface area (Å²) in [7, 11) is 0. The van der Waals surface area contributed by atoms with Gasteiger partial charge in [-0.15, -0.1) is 0 Å². The minimum Gasteiger partial charge on any atom is -0.382 e. The van der Waals surface area contributed by atoms with E-state index in [9.17, 15) is 4.79 Å². The number of anilines is 2. The van der Waals surface area contributed by atoms with Crippen LogP contribution in [0.25, 0.3) is 0 Å². The smallest absolute Gasteiger partial charge is 0.227 e. The molecule has 0 saturated carbocycles. The molecule has 0 spiro atoms. The van der Waals surface area contributed by atoms with E-state index in [1.165, 1.54) is 0 Å². The first-order valence-electron chi connectivity index (χ1n) is 7.73. The van der Waals surface area contributed by atoms with Crippen LogP contribution in [0.5, 0.6) is 0 Å². The van der Waals surface area contributed by atoms with Crippen LogP contribution in [0.1, 0.15) is 26.2 Å². The van der Waals surface area contributed by atoms with Crippen LogP contribution in [0.2, 0.25) is 0 Å². The predicted octanol–water partition coefficient (Wildman–Crippen LogP) is 2.53. The minimum atomic E-state index is 0.201. The molecule has 1 aromatic carbocycles. The molecule has 1 aliphatic heterocycles. The summed E-state index contributed by atoms with van der Waals surface area (Å²) in [5.41, 5.74) is 1.86. The van der Waals surface area contributed by atoms with Crippen molar-refractivity contribution in [1.29, 1.82) is 0 Å². The van der Waals surface area contributed by atoms with Crippen LogP contribution >= 0.6 is 12.2 Å². The number of nitrogens with one attached hydrogen (secondary N) is 2. The molecule has 0 radical (unpaired) electrons. The van der Waals surface area contributed by atoms with Crippen molar-refractivity contribution in [1.82, 2.24) is 5.32 Å². The fourth-order valence-electron chi connectivity index (χ4n) is 2.34. The maximum atomic E-state index is 11.7. The molecule has 0 atom stereocenters. The van der Waals surface area contributed by atoms with E-state index in [2.05, 4.69) is 10.6 Å². The molecule has 1 amide bonds. The first-order valence-corrected chi connectivity index (χ1v) is 8.14. The van der Waals surface area contributed by atoms with Gasteiger partial charge in [0.25, 0.3) is 0 Å². The normalized spacial score (nSPS) is 14.2. The zero-order valence-corrected chi connectivity index (χ0v) is 13.7. The molecule has 2 rings (SSSR count). The van der Waals surface area contributed by atoms with Gasteiger partial charge in [-0.05, 0) is 56.2 Å². The average molecular weight is 321 g/mol. The lowest BCUT2D eigenvalue weighted by Gasteiger charge is -2.16. The van der Waals surface area contributed by atoms with E-state index in [4.69, 9.17) is 17.0 Å². The summed E-state index contributed by atoms with van der Waals surface area (Å²) in [6.45, 7) is 5.07. The molecular formula is C16H23N3O2S. The Bertz CT molecular complexity index is 505. The summed E-state index contributed by atoms with van der Waals surface area (Å²) >= 11 is 5.25. The molecule has 1 heterocycles. The third-order valence-electron chi connectivity index (χ3n) is 3.47. The van der Waals surface area contributed by atoms with Gasteiger partial charge in [-0.2, -0.15) is 0 Å². The van der Waals surface area contributed by atoms with Gasteiger partial charge in [-0.1, -0.05) is 0 Å². The molecule has 22 heavy (non-hydrogen) atoms. The number of hydrogen-bond donors (Lipinski definition) is 2. The van der Waals surface area contributed by atoms with Crippen LogP contribution < -0.4 is 15.5 Å². The van der Waals surface area contributed by atoms with Gasteiger partial charge < -0.3 is 20.3 Å². The average Bonchev–Trinajstić information content (AvgIpc) is 2.94. The van der Waals surface area contributed by atoms with Crippen LogP contribution in [0.3, 0.4) is 0 Å². The Hall–Kier alpha value is -1.66. The second kappa shape index (κ2) is 8.70. The number of benzene rings is 1. The van der Waals surface area contributed by atoms with Crippen molar-refractivity contribution in [3.8, 4) is 0 Å². The highest BCUT2D eigenvalue weighted by atomic mass is 32.1. The number of carbonyl (C=O) groups is 1. The molecule has 1 aliphatic rings. The number of amides is 1. The van der Waals surface area contributed by atoms with Gasteiger partial charge in [0, 0.05) is 44.1 Å². The van der Waals surface area contributed by atoms with Crippen molar-refractivity contribution in [3.63, 3.8) is 0 Å². The summed E-state index contributed by atoms with van der Waals surface area (Å²) in [5, 5.41) is 6.88. The molecule has 5 nitrogen and oxygen atoms in total. The zero-order valence-electron chi connectivity index (χ0n) is 12.9. The topological polar surface area (TPSA) is 53.6 Å². The van der Waals surface area contributed by atoms with Gasteiger partial charge in [0.2, 0.25) is 5.91 Å². The van der Waals surface area contributed by atoms with Crippen LogP contribution in [-0.4, -0.2) is 37.3 Å². The summed E-state index contributed by atoms with van der Waals surface area (Å²) in [5.74, 6) is 0.201. The maximum Gasteiger partial charge on any atom is 0.227 e. The molecule has 1 saturated heterocycles. The number of rotatable bonds is 7. The van der Waals surface area contributed by atoms with E-state index in [1.807, 2.05) is 36.1 Å². The molecule has 120 valence electrons. The van der Waals surface area contributed by atoms with E-state index in [0.717, 1.165) is 50.5 Å². The molecule has 0 bridgehead atoms. The maximum absolute atomic E-state index is 11.7. The van der Waals surface area contributed by atoms with Gasteiger partial charge in [0.1, 0.15) is 0 Å². The van der Waals surface area contributed by atoms with Crippen molar-refractivity contribution in [2.75, 3.05) is 36.5 Å². The van der Waals surface area contributed by atoms with Gasteiger partial charge in [-0.25, -0.2) is 0 Å². The van der Waals surface area contributed by atoms with E-state index in [-0.39, 0.29) is 5.91 Å². The highest BCUT2D eigenvalue weighted by Crippen LogP contribution is 2.22. The zero-order chi connectivity index (χ0) is 15.8. The fourth-order valence-corrected chi connectivity index (χ4v) is 2.56. The number of carbonyl (C=O) groups excluding carboxylic acids is 1. The summed E-state index contributed by atoms with van der Waals surface area (Å²) < 4.78 is 5.27. The number of ether oxygens (including phenoxy) is 1. The quantitative estimate of drug-likeness (QED) is 0.597. The second-order valence-corrected chi connectivity index (χ2v) is 5.54. The summed E-state index contributed by atoms with van der Waals surface area (Å²) in [4.78, 5) is 13.5. The van der Waals surface area contributed by atoms with Crippen molar-refractivity contribution in [2.45, 2.75) is 26.2 Å². The Balaban J connectivity index is 1.76. The fraction of sp³-hybridized carbons (Fsp3) is 0.500. The van der Waals surface area contributed by atoms with E-state index in [0.29, 0.717) is 11.5 Å². The molecule has 0 unspecified atom stereocenters. The minimum absolute atomic E-state index is 0.201. The third kappa shape index (κ3) is 4.96. The monoisotopic (exact) mass is 321 g/mol. The number of nitrogens with zero attached hydrogens (tertiary/aromatic N) is 1. The van der Waals surface area contributed by atoms with Crippen LogP contribution in [0, 0.1) is 0 Å². The summed E-state index contributed by atoms with van der Waals surface area (Å²) in [6, 6.07) is 7.77. The lowest BCUT2D eigenvalue weighted by molar-refractivity contribution is -0.117. The third-order valence-corrected chi connectivity index (χ3v) is 3.71. The molecule has 0 aliphatic carbocycles. The predicted molar refractivity (Wildman–Crippen MR) is 93.4 cm³/mol. The van der Waals surface area contributed by atoms with Crippen molar-refractivity contribution in [2.24, 2.45) is 0 Å². The standard InChI is InChI=1S/C16H23N3O2S/c1-2-21-12-4-10-17-16(22)18-13-6-8-14(9-7-13)19-11-3-5-15(19)20/h6-9H,2-5,10-12H2,1H3,(H2,17,18,22). The van der Waals surface area contributed by atoms with Crippen LogP contribution in [0.15, 0.2) is 24.3 Å². The van der Waals surface area contributed by atoms with Crippen LogP contribution in [0.4, 0.5) is 11.4 Å². The van der Waals surface area contributed by atoms with Crippen molar-refractivity contribution >= 4 is 34.6 Å². The lowest BCUT2D eigenvalue weighted by Crippen LogP contribution is -2.29. The lowest BCUT2D eigenvalue weighted by atomic mass is 10.2. The molecule has 6 heteroatoms. The van der Waals surface area contributed by atoms with Gasteiger partial charge in [-0.3, -0.25) is 4.79 Å².